The zero-order valence-corrected chi connectivity index (χ0v) is 18.5. The van der Waals surface area contributed by atoms with Crippen LogP contribution in [0.1, 0.15) is 56.0 Å². The van der Waals surface area contributed by atoms with Gasteiger partial charge in [-0.3, -0.25) is 0 Å². The summed E-state index contributed by atoms with van der Waals surface area (Å²) >= 11 is 0. The Bertz CT molecular complexity index is 716. The maximum absolute atomic E-state index is 4.61. The minimum atomic E-state index is 0. The summed E-state index contributed by atoms with van der Waals surface area (Å²) in [5, 5.41) is 12.6. The molecule has 0 bridgehead atoms. The van der Waals surface area contributed by atoms with Crippen molar-refractivity contribution in [2.45, 2.75) is 64.6 Å². The van der Waals surface area contributed by atoms with E-state index in [1.807, 2.05) is 19.3 Å². The molecular weight excluding hydrogens is 397 g/mol. The number of aromatic nitrogens is 5. The minimum Gasteiger partial charge on any atom is -0.328 e. The Morgan fingerprint density at radius 1 is 1.07 bits per heavy atom. The zero-order chi connectivity index (χ0) is 17.9. The van der Waals surface area contributed by atoms with Crippen molar-refractivity contribution in [1.29, 1.82) is 0 Å². The fraction of sp³-hybridized carbons (Fsp3) is 0.737. The molecule has 0 aliphatic carbocycles. The third-order valence-electron chi connectivity index (χ3n) is 6.13. The first kappa shape index (κ1) is 23.1. The van der Waals surface area contributed by atoms with Gasteiger partial charge in [-0.15, -0.1) is 35.0 Å². The van der Waals surface area contributed by atoms with Crippen molar-refractivity contribution in [3.05, 3.63) is 29.9 Å². The molecule has 0 unspecified atom stereocenters. The van der Waals surface area contributed by atoms with Crippen LogP contribution in [0.4, 0.5) is 0 Å². The highest BCUT2D eigenvalue weighted by Gasteiger charge is 2.29. The lowest BCUT2D eigenvalue weighted by molar-refractivity contribution is 0.124. The summed E-state index contributed by atoms with van der Waals surface area (Å²) in [6.45, 7) is 10.6. The van der Waals surface area contributed by atoms with Gasteiger partial charge in [0.2, 0.25) is 0 Å². The molecule has 0 atom stereocenters. The fourth-order valence-electron chi connectivity index (χ4n) is 4.53. The van der Waals surface area contributed by atoms with Gasteiger partial charge in [0.15, 0.2) is 5.82 Å². The van der Waals surface area contributed by atoms with Gasteiger partial charge < -0.3 is 19.4 Å². The predicted octanol–water partition coefficient (Wildman–Crippen LogP) is 2.63. The van der Waals surface area contributed by atoms with Crippen molar-refractivity contribution in [2.24, 2.45) is 0 Å². The van der Waals surface area contributed by atoms with Crippen molar-refractivity contribution < 1.29 is 0 Å². The molecule has 2 fully saturated rings. The van der Waals surface area contributed by atoms with Crippen molar-refractivity contribution in [3.8, 4) is 0 Å². The summed E-state index contributed by atoms with van der Waals surface area (Å²) in [4.78, 5) is 7.02. The number of hydrogen-bond donors (Lipinski definition) is 1. The van der Waals surface area contributed by atoms with Gasteiger partial charge in [0.25, 0.3) is 0 Å². The van der Waals surface area contributed by atoms with Crippen LogP contribution >= 0.6 is 24.8 Å². The second kappa shape index (κ2) is 10.6. The number of rotatable bonds is 5. The summed E-state index contributed by atoms with van der Waals surface area (Å²) in [7, 11) is 0. The second-order valence-corrected chi connectivity index (χ2v) is 7.61. The van der Waals surface area contributed by atoms with E-state index in [1.165, 1.54) is 57.7 Å². The summed E-state index contributed by atoms with van der Waals surface area (Å²) in [5.74, 6) is 3.79. The number of likely N-dealkylation sites (tertiary alicyclic amines) is 1. The third-order valence-corrected chi connectivity index (χ3v) is 6.13. The van der Waals surface area contributed by atoms with Crippen molar-refractivity contribution in [1.82, 2.24) is 34.5 Å². The summed E-state index contributed by atoms with van der Waals surface area (Å²) in [6.07, 6.45) is 8.85. The van der Waals surface area contributed by atoms with E-state index in [2.05, 4.69) is 41.5 Å². The van der Waals surface area contributed by atoms with Gasteiger partial charge in [0, 0.05) is 30.9 Å². The molecule has 2 aliphatic heterocycles. The second-order valence-electron chi connectivity index (χ2n) is 7.61. The maximum atomic E-state index is 4.61. The van der Waals surface area contributed by atoms with E-state index in [-0.39, 0.29) is 24.8 Å². The molecule has 9 heteroatoms. The van der Waals surface area contributed by atoms with Crippen LogP contribution in [-0.2, 0) is 13.1 Å². The van der Waals surface area contributed by atoms with Crippen LogP contribution in [0, 0.1) is 6.92 Å². The van der Waals surface area contributed by atoms with E-state index >= 15 is 0 Å². The van der Waals surface area contributed by atoms with Gasteiger partial charge in [0.1, 0.15) is 11.6 Å². The molecule has 2 aliphatic rings. The Hall–Kier alpha value is -1.15. The molecule has 0 amide bonds. The molecule has 4 heterocycles. The Morgan fingerprint density at radius 3 is 2.39 bits per heavy atom. The Morgan fingerprint density at radius 2 is 1.79 bits per heavy atom. The van der Waals surface area contributed by atoms with E-state index in [0.29, 0.717) is 5.92 Å². The molecule has 1 N–H and O–H groups in total. The lowest BCUT2D eigenvalue weighted by atomic mass is 9.93. The number of piperidine rings is 2. The fourth-order valence-corrected chi connectivity index (χ4v) is 4.53. The number of imidazole rings is 1. The van der Waals surface area contributed by atoms with Crippen LogP contribution in [0.2, 0.25) is 0 Å². The smallest absolute Gasteiger partial charge is 0.153 e. The number of hydrogen-bond acceptors (Lipinski definition) is 5. The molecule has 2 saturated heterocycles. The van der Waals surface area contributed by atoms with Gasteiger partial charge in [-0.25, -0.2) is 4.98 Å². The third kappa shape index (κ3) is 4.87. The van der Waals surface area contributed by atoms with Gasteiger partial charge in [-0.2, -0.15) is 0 Å². The predicted molar refractivity (Wildman–Crippen MR) is 116 cm³/mol. The number of nitrogens with zero attached hydrogens (tertiary/aromatic N) is 6. The number of nitrogens with one attached hydrogen (secondary N) is 1. The molecule has 7 nitrogen and oxygen atoms in total. The summed E-state index contributed by atoms with van der Waals surface area (Å²) in [6, 6.07) is 0.779. The van der Waals surface area contributed by atoms with Gasteiger partial charge in [0.05, 0.1) is 6.54 Å². The molecular formula is C19H33Cl2N7. The van der Waals surface area contributed by atoms with Gasteiger partial charge >= 0.3 is 0 Å². The zero-order valence-electron chi connectivity index (χ0n) is 16.9. The lowest BCUT2D eigenvalue weighted by Gasteiger charge is -2.39. The molecule has 4 rings (SSSR count). The topological polar surface area (TPSA) is 63.8 Å². The number of aryl methyl sites for hydroxylation is 1. The molecule has 2 aromatic rings. The number of halogens is 2. The van der Waals surface area contributed by atoms with E-state index < -0.39 is 0 Å². The average Bonchev–Trinajstić information content (AvgIpc) is 3.29. The van der Waals surface area contributed by atoms with E-state index in [1.54, 1.807) is 0 Å². The van der Waals surface area contributed by atoms with Gasteiger partial charge in [-0.05, 0) is 65.7 Å². The van der Waals surface area contributed by atoms with Gasteiger partial charge in [-0.1, -0.05) is 0 Å². The highest BCUT2D eigenvalue weighted by Crippen LogP contribution is 2.29. The molecule has 158 valence electrons. The first-order valence-corrected chi connectivity index (χ1v) is 10.1. The monoisotopic (exact) mass is 429 g/mol. The molecule has 28 heavy (non-hydrogen) atoms. The maximum Gasteiger partial charge on any atom is 0.153 e. The molecule has 0 saturated carbocycles. The highest BCUT2D eigenvalue weighted by molar-refractivity contribution is 5.85. The quantitative estimate of drug-likeness (QED) is 0.790. The molecule has 2 aromatic heterocycles. The largest absolute Gasteiger partial charge is 0.328 e. The first-order chi connectivity index (χ1) is 12.8. The summed E-state index contributed by atoms with van der Waals surface area (Å²) < 4.78 is 4.46. The minimum absolute atomic E-state index is 0. The van der Waals surface area contributed by atoms with Crippen molar-refractivity contribution in [3.63, 3.8) is 0 Å². The van der Waals surface area contributed by atoms with Crippen LogP contribution in [0.25, 0.3) is 0 Å². The van der Waals surface area contributed by atoms with Crippen LogP contribution in [0.5, 0.6) is 0 Å². The molecule has 0 aromatic carbocycles. The van der Waals surface area contributed by atoms with Crippen LogP contribution in [0.3, 0.4) is 0 Å². The van der Waals surface area contributed by atoms with Crippen LogP contribution in [0.15, 0.2) is 12.4 Å². The van der Waals surface area contributed by atoms with Crippen LogP contribution in [-0.4, -0.2) is 61.4 Å². The Kier molecular flexibility index (Phi) is 8.74. The van der Waals surface area contributed by atoms with E-state index in [0.717, 1.165) is 30.8 Å². The molecule has 0 spiro atoms. The SMILES string of the molecule is CCn1c(Cn2ccnc2C)nnc1C1CCN(C2CCNCC2)CC1.Cl.Cl. The first-order valence-electron chi connectivity index (χ1n) is 10.1. The van der Waals surface area contributed by atoms with E-state index in [9.17, 15) is 0 Å². The normalized spacial score (nSPS) is 19.2. The summed E-state index contributed by atoms with van der Waals surface area (Å²) in [5.41, 5.74) is 0. The highest BCUT2D eigenvalue weighted by atomic mass is 35.5. The van der Waals surface area contributed by atoms with Crippen LogP contribution < -0.4 is 5.32 Å². The Balaban J connectivity index is 0.00000140. The molecule has 0 radical (unpaired) electrons. The van der Waals surface area contributed by atoms with Crippen molar-refractivity contribution in [2.75, 3.05) is 26.2 Å². The lowest BCUT2D eigenvalue weighted by Crippen LogP contribution is -2.46. The Labute approximate surface area is 180 Å². The average molecular weight is 430 g/mol. The standard InChI is InChI=1S/C19H31N7.2ClH/c1-3-26-18(14-25-13-10-21-15(25)2)22-23-19(26)16-6-11-24(12-7-16)17-4-8-20-9-5-17;;/h10,13,16-17,20H,3-9,11-12,14H2,1-2H3;2*1H. The van der Waals surface area contributed by atoms with E-state index in [4.69, 9.17) is 0 Å². The van der Waals surface area contributed by atoms with Crippen molar-refractivity contribution >= 4 is 24.8 Å².